The lowest BCUT2D eigenvalue weighted by atomic mass is 9.96. The van der Waals surface area contributed by atoms with Gasteiger partial charge in [-0.2, -0.15) is 0 Å². The number of amides is 1. The predicted octanol–water partition coefficient (Wildman–Crippen LogP) is 3.17. The molecule has 0 bridgehead atoms. The number of benzene rings is 1. The van der Waals surface area contributed by atoms with Crippen LogP contribution in [0.25, 0.3) is 0 Å². The highest BCUT2D eigenvalue weighted by atomic mass is 79.9. The van der Waals surface area contributed by atoms with Gasteiger partial charge in [0.15, 0.2) is 0 Å². The fourth-order valence-electron chi connectivity index (χ4n) is 2.55. The smallest absolute Gasteiger partial charge is 0.309 e. The highest BCUT2D eigenvalue weighted by Gasteiger charge is 2.29. The maximum atomic E-state index is 12.6. The van der Waals surface area contributed by atoms with E-state index < -0.39 is 0 Å². The summed E-state index contributed by atoms with van der Waals surface area (Å²) >= 11 is 3.43. The van der Waals surface area contributed by atoms with Gasteiger partial charge in [0.1, 0.15) is 0 Å². The Balaban J connectivity index is 2.00. The van der Waals surface area contributed by atoms with Crippen molar-refractivity contribution in [2.75, 3.05) is 19.7 Å². The zero-order chi connectivity index (χ0) is 15.4. The fraction of sp³-hybridized carbons (Fsp3) is 0.500. The lowest BCUT2D eigenvalue weighted by molar-refractivity contribution is -0.149. The van der Waals surface area contributed by atoms with Gasteiger partial charge < -0.3 is 9.64 Å². The summed E-state index contributed by atoms with van der Waals surface area (Å²) < 4.78 is 5.86. The molecule has 0 N–H and O–H groups in total. The average molecular weight is 354 g/mol. The van der Waals surface area contributed by atoms with E-state index in [1.165, 1.54) is 0 Å². The van der Waals surface area contributed by atoms with Gasteiger partial charge in [0, 0.05) is 17.6 Å². The van der Waals surface area contributed by atoms with Crippen LogP contribution in [-0.2, 0) is 9.53 Å². The number of ether oxygens (including phenoxy) is 1. The van der Waals surface area contributed by atoms with Gasteiger partial charge in [-0.15, -0.1) is 0 Å². The molecule has 1 heterocycles. The first-order valence-corrected chi connectivity index (χ1v) is 8.04. The van der Waals surface area contributed by atoms with Crippen molar-refractivity contribution in [3.05, 3.63) is 33.8 Å². The van der Waals surface area contributed by atoms with Crippen LogP contribution in [0.15, 0.2) is 22.7 Å². The Hall–Kier alpha value is -1.36. The van der Waals surface area contributed by atoms with Crippen molar-refractivity contribution in [3.8, 4) is 0 Å². The van der Waals surface area contributed by atoms with E-state index in [2.05, 4.69) is 15.9 Å². The first-order valence-electron chi connectivity index (χ1n) is 7.25. The quantitative estimate of drug-likeness (QED) is 0.784. The largest absolute Gasteiger partial charge is 0.466 e. The fourth-order valence-corrected chi connectivity index (χ4v) is 2.97. The number of carbonyl (C=O) groups excluding carboxylic acids is 2. The van der Waals surface area contributed by atoms with Crippen LogP contribution in [0, 0.1) is 12.8 Å². The highest BCUT2D eigenvalue weighted by Crippen LogP contribution is 2.24. The summed E-state index contributed by atoms with van der Waals surface area (Å²) in [4.78, 5) is 26.1. The van der Waals surface area contributed by atoms with Crippen LogP contribution in [0.3, 0.4) is 0 Å². The molecule has 0 unspecified atom stereocenters. The van der Waals surface area contributed by atoms with E-state index >= 15 is 0 Å². The lowest BCUT2D eigenvalue weighted by Gasteiger charge is -2.31. The van der Waals surface area contributed by atoms with Gasteiger partial charge in [-0.25, -0.2) is 0 Å². The molecule has 2 rings (SSSR count). The second-order valence-corrected chi connectivity index (χ2v) is 6.16. The molecule has 0 aliphatic carbocycles. The molecule has 1 saturated heterocycles. The minimum absolute atomic E-state index is 0.0212. The van der Waals surface area contributed by atoms with Gasteiger partial charge in [0.2, 0.25) is 0 Å². The molecule has 4 nitrogen and oxygen atoms in total. The van der Waals surface area contributed by atoms with Gasteiger partial charge in [-0.05, 0) is 54.8 Å². The molecule has 0 atom stereocenters. The number of piperidine rings is 1. The SMILES string of the molecule is CCOC(=O)C1CCN(C(=O)c2cc(C)ccc2Br)CC1. The van der Waals surface area contributed by atoms with Crippen molar-refractivity contribution in [2.24, 2.45) is 5.92 Å². The van der Waals surface area contributed by atoms with Crippen LogP contribution in [0.1, 0.15) is 35.7 Å². The summed E-state index contributed by atoms with van der Waals surface area (Å²) in [6.45, 7) is 5.39. The normalized spacial score (nSPS) is 15.9. The van der Waals surface area contributed by atoms with E-state index in [0.717, 1.165) is 10.0 Å². The maximum absolute atomic E-state index is 12.6. The minimum Gasteiger partial charge on any atom is -0.466 e. The van der Waals surface area contributed by atoms with Crippen molar-refractivity contribution in [1.29, 1.82) is 0 Å². The van der Waals surface area contributed by atoms with Crippen LogP contribution in [0.4, 0.5) is 0 Å². The molecule has 1 aromatic carbocycles. The molecular weight excluding hydrogens is 334 g/mol. The van der Waals surface area contributed by atoms with Gasteiger partial charge in [0.25, 0.3) is 5.91 Å². The lowest BCUT2D eigenvalue weighted by Crippen LogP contribution is -2.40. The van der Waals surface area contributed by atoms with Gasteiger partial charge in [0.05, 0.1) is 18.1 Å². The molecule has 1 amide bonds. The Morgan fingerprint density at radius 1 is 1.33 bits per heavy atom. The van der Waals surface area contributed by atoms with Crippen molar-refractivity contribution in [2.45, 2.75) is 26.7 Å². The van der Waals surface area contributed by atoms with E-state index in [1.807, 2.05) is 36.9 Å². The zero-order valence-corrected chi connectivity index (χ0v) is 14.0. The molecule has 5 heteroatoms. The predicted molar refractivity (Wildman–Crippen MR) is 84.1 cm³/mol. The van der Waals surface area contributed by atoms with Crippen LogP contribution < -0.4 is 0 Å². The van der Waals surface area contributed by atoms with Gasteiger partial charge >= 0.3 is 5.97 Å². The first-order chi connectivity index (χ1) is 10.0. The van der Waals surface area contributed by atoms with Crippen LogP contribution in [0.5, 0.6) is 0 Å². The number of hydrogen-bond acceptors (Lipinski definition) is 3. The second-order valence-electron chi connectivity index (χ2n) is 5.30. The van der Waals surface area contributed by atoms with Crippen LogP contribution in [0.2, 0.25) is 0 Å². The summed E-state index contributed by atoms with van der Waals surface area (Å²) in [5.74, 6) is -0.191. The topological polar surface area (TPSA) is 46.6 Å². The molecule has 1 aromatic rings. The van der Waals surface area contributed by atoms with Crippen molar-refractivity contribution < 1.29 is 14.3 Å². The van der Waals surface area contributed by atoms with Crippen molar-refractivity contribution in [3.63, 3.8) is 0 Å². The standard InChI is InChI=1S/C16H20BrNO3/c1-3-21-16(20)12-6-8-18(9-7-12)15(19)13-10-11(2)4-5-14(13)17/h4-5,10,12H,3,6-9H2,1-2H3. The average Bonchev–Trinajstić information content (AvgIpc) is 2.49. The number of carbonyl (C=O) groups is 2. The van der Waals surface area contributed by atoms with Gasteiger partial charge in [-0.1, -0.05) is 11.6 Å². The van der Waals surface area contributed by atoms with Crippen LogP contribution in [-0.4, -0.2) is 36.5 Å². The third-order valence-corrected chi connectivity index (χ3v) is 4.45. The molecular formula is C16H20BrNO3. The number of likely N-dealkylation sites (tertiary alicyclic amines) is 1. The summed E-state index contributed by atoms with van der Waals surface area (Å²) in [6.07, 6.45) is 1.35. The minimum atomic E-state index is -0.138. The molecule has 0 saturated carbocycles. The van der Waals surface area contributed by atoms with Crippen molar-refractivity contribution in [1.82, 2.24) is 4.90 Å². The van der Waals surface area contributed by atoms with E-state index in [1.54, 1.807) is 0 Å². The van der Waals surface area contributed by atoms with Crippen LogP contribution >= 0.6 is 15.9 Å². The Morgan fingerprint density at radius 2 is 2.00 bits per heavy atom. The second kappa shape index (κ2) is 7.07. The van der Waals surface area contributed by atoms with E-state index in [-0.39, 0.29) is 17.8 Å². The third kappa shape index (κ3) is 3.84. The summed E-state index contributed by atoms with van der Waals surface area (Å²) in [5.41, 5.74) is 1.74. The summed E-state index contributed by atoms with van der Waals surface area (Å²) in [5, 5.41) is 0. The molecule has 0 aromatic heterocycles. The Morgan fingerprint density at radius 3 is 2.62 bits per heavy atom. The molecule has 1 fully saturated rings. The molecule has 1 aliphatic heterocycles. The Kier molecular flexibility index (Phi) is 5.39. The number of halogens is 1. The monoisotopic (exact) mass is 353 g/mol. The Bertz CT molecular complexity index is 536. The van der Waals surface area contributed by atoms with Gasteiger partial charge in [-0.3, -0.25) is 9.59 Å². The molecule has 1 aliphatic rings. The third-order valence-electron chi connectivity index (χ3n) is 3.75. The molecule has 0 radical (unpaired) electrons. The number of aryl methyl sites for hydroxylation is 1. The van der Waals surface area contributed by atoms with E-state index in [4.69, 9.17) is 4.74 Å². The Labute approximate surface area is 133 Å². The zero-order valence-electron chi connectivity index (χ0n) is 12.4. The first kappa shape index (κ1) is 16.0. The summed E-state index contributed by atoms with van der Waals surface area (Å²) in [6, 6.07) is 5.76. The summed E-state index contributed by atoms with van der Waals surface area (Å²) in [7, 11) is 0. The molecule has 21 heavy (non-hydrogen) atoms. The van der Waals surface area contributed by atoms with E-state index in [9.17, 15) is 9.59 Å². The molecule has 0 spiro atoms. The number of rotatable bonds is 3. The van der Waals surface area contributed by atoms with E-state index in [0.29, 0.717) is 38.1 Å². The highest BCUT2D eigenvalue weighted by molar-refractivity contribution is 9.10. The number of hydrogen-bond donors (Lipinski definition) is 0. The number of esters is 1. The van der Waals surface area contributed by atoms with Crippen molar-refractivity contribution >= 4 is 27.8 Å². The maximum Gasteiger partial charge on any atom is 0.309 e. The molecule has 114 valence electrons. The number of nitrogens with zero attached hydrogens (tertiary/aromatic N) is 1.